The van der Waals surface area contributed by atoms with Crippen LogP contribution < -0.4 is 0 Å². The summed E-state index contributed by atoms with van der Waals surface area (Å²) >= 11 is 0.751. The van der Waals surface area contributed by atoms with Gasteiger partial charge in [-0.25, -0.2) is 9.59 Å². The fourth-order valence-electron chi connectivity index (χ4n) is 1.95. The summed E-state index contributed by atoms with van der Waals surface area (Å²) in [5.41, 5.74) is 0. The zero-order valence-electron chi connectivity index (χ0n) is 14.7. The summed E-state index contributed by atoms with van der Waals surface area (Å²) in [5, 5.41) is 32.5. The van der Waals surface area contributed by atoms with E-state index in [4.69, 9.17) is 20.4 Å². The van der Waals surface area contributed by atoms with Crippen LogP contribution >= 0.6 is 0 Å². The Kier molecular flexibility index (Phi) is 18.6. The number of aliphatic hydroxyl groups is 2. The second kappa shape index (κ2) is 17.4. The van der Waals surface area contributed by atoms with Crippen molar-refractivity contribution in [2.24, 2.45) is 0 Å². The van der Waals surface area contributed by atoms with Gasteiger partial charge in [0.05, 0.1) is 0 Å². The Morgan fingerprint density at radius 1 is 0.750 bits per heavy atom. The first kappa shape index (κ1) is 25.8. The molecule has 0 aromatic rings. The number of carboxylic acid groups (broad SMARTS) is 2. The van der Waals surface area contributed by atoms with Crippen molar-refractivity contribution in [2.45, 2.75) is 83.3 Å². The van der Waals surface area contributed by atoms with E-state index in [2.05, 4.69) is 6.92 Å². The van der Waals surface area contributed by atoms with Crippen LogP contribution in [-0.2, 0) is 14.4 Å². The molecule has 0 aliphatic rings. The zero-order chi connectivity index (χ0) is 19.0. The minimum Gasteiger partial charge on any atom is -0.479 e. The fraction of sp³-hybridized carbons (Fsp3) is 0.812. The van der Waals surface area contributed by atoms with E-state index in [-0.39, 0.29) is 0 Å². The third kappa shape index (κ3) is 17.9. The van der Waals surface area contributed by atoms with Crippen molar-refractivity contribution in [3.05, 3.63) is 0 Å². The minimum atomic E-state index is -2.27. The summed E-state index contributed by atoms with van der Waals surface area (Å²) in [6, 6.07) is 0. The van der Waals surface area contributed by atoms with Crippen LogP contribution in [0.2, 0.25) is 0 Å². The quantitative estimate of drug-likeness (QED) is 0.290. The number of carboxylic acids is 2. The average molecular weight is 356 g/mol. The first-order chi connectivity index (χ1) is 11.2. The van der Waals surface area contributed by atoms with E-state index in [0.29, 0.717) is 3.03 Å². The Hall–Kier alpha value is -0.470. The number of carbonyl (C=O) groups excluding carboxylic acids is 1. The molecule has 0 aromatic heterocycles. The van der Waals surface area contributed by atoms with Gasteiger partial charge in [-0.2, -0.15) is 0 Å². The summed E-state index contributed by atoms with van der Waals surface area (Å²) in [5.74, 6) is -3.54. The van der Waals surface area contributed by atoms with E-state index < -0.39 is 24.1 Å². The van der Waals surface area contributed by atoms with Crippen molar-refractivity contribution in [3.63, 3.8) is 0 Å². The number of unbranched alkanes of at least 4 members (excludes halogenated alkanes) is 8. The van der Waals surface area contributed by atoms with Crippen LogP contribution in [0.4, 0.5) is 0 Å². The van der Waals surface area contributed by atoms with Crippen molar-refractivity contribution in [1.29, 1.82) is 0 Å². The van der Waals surface area contributed by atoms with E-state index in [1.165, 1.54) is 51.4 Å². The van der Waals surface area contributed by atoms with Crippen LogP contribution in [0.25, 0.3) is 0 Å². The van der Waals surface area contributed by atoms with Gasteiger partial charge in [-0.3, -0.25) is 0 Å². The number of hydrogen-bond acceptors (Lipinski definition) is 5. The molecule has 0 spiro atoms. The normalized spacial score (nSPS) is 12.7. The maximum atomic E-state index is 10.7. The van der Waals surface area contributed by atoms with Crippen molar-refractivity contribution >= 4 is 42.9 Å². The van der Waals surface area contributed by atoms with Crippen LogP contribution in [0, 0.1) is 0 Å². The van der Waals surface area contributed by atoms with Crippen LogP contribution in [0.3, 0.4) is 0 Å². The Morgan fingerprint density at radius 3 is 1.38 bits per heavy atom. The molecule has 4 N–H and O–H groups in total. The first-order valence-electron chi connectivity index (χ1n) is 8.55. The van der Waals surface area contributed by atoms with Gasteiger partial charge in [-0.05, 0) is 0 Å². The molecular formula is C16H29NaO7. The third-order valence-corrected chi connectivity index (χ3v) is 3.94. The summed E-state index contributed by atoms with van der Waals surface area (Å²) in [6.45, 7) is 2.26. The molecule has 0 amide bonds. The van der Waals surface area contributed by atoms with Crippen molar-refractivity contribution in [1.82, 2.24) is 0 Å². The second-order valence-electron chi connectivity index (χ2n) is 5.85. The zero-order valence-corrected chi connectivity index (χ0v) is 16.7. The Labute approximate surface area is 160 Å². The van der Waals surface area contributed by atoms with Gasteiger partial charge in [0, 0.05) is 0 Å². The van der Waals surface area contributed by atoms with Crippen LogP contribution in [0.1, 0.15) is 71.1 Å². The molecule has 24 heavy (non-hydrogen) atoms. The molecule has 0 radical (unpaired) electrons. The average Bonchev–Trinajstić information content (AvgIpc) is 2.52. The Bertz CT molecular complexity index is 342. The van der Waals surface area contributed by atoms with Gasteiger partial charge in [0.15, 0.2) is 12.2 Å². The summed E-state index contributed by atoms with van der Waals surface area (Å²) in [4.78, 5) is 30.3. The fourth-order valence-corrected chi connectivity index (χ4v) is 2.31. The van der Waals surface area contributed by atoms with Crippen molar-refractivity contribution in [2.75, 3.05) is 0 Å². The van der Waals surface area contributed by atoms with Crippen molar-refractivity contribution in [3.8, 4) is 0 Å². The van der Waals surface area contributed by atoms with Crippen LogP contribution in [0.5, 0.6) is 0 Å². The smallest absolute Gasteiger partial charge is 0.335 e. The minimum absolute atomic E-state index is 0.480. The Balaban J connectivity index is 0. The molecule has 0 aromatic carbocycles. The molecule has 0 fully saturated rings. The molecule has 0 saturated carbocycles. The molecule has 0 aliphatic heterocycles. The summed E-state index contributed by atoms with van der Waals surface area (Å²) < 4.78 is 0.480. The number of rotatable bonds is 13. The van der Waals surface area contributed by atoms with Gasteiger partial charge in [-0.1, -0.05) is 0 Å². The third-order valence-electron chi connectivity index (χ3n) is 3.44. The van der Waals surface area contributed by atoms with Gasteiger partial charge < -0.3 is 20.4 Å². The molecule has 2 atom stereocenters. The van der Waals surface area contributed by atoms with Crippen molar-refractivity contribution < 1.29 is 34.8 Å². The number of carbonyl (C=O) groups is 3. The molecule has 0 heterocycles. The maximum absolute atomic E-state index is 10.7. The molecule has 7 nitrogen and oxygen atoms in total. The van der Waals surface area contributed by atoms with Crippen LogP contribution in [0.15, 0.2) is 0 Å². The predicted molar refractivity (Wildman–Crippen MR) is 89.9 cm³/mol. The first-order valence-corrected chi connectivity index (χ1v) is 9.55. The summed E-state index contributed by atoms with van der Waals surface area (Å²) in [7, 11) is 0. The molecule has 0 bridgehead atoms. The van der Waals surface area contributed by atoms with E-state index in [9.17, 15) is 14.4 Å². The van der Waals surface area contributed by atoms with Gasteiger partial charge in [0.2, 0.25) is 0 Å². The van der Waals surface area contributed by atoms with E-state index >= 15 is 0 Å². The molecular weight excluding hydrogens is 327 g/mol. The van der Waals surface area contributed by atoms with E-state index in [1.807, 2.05) is 0 Å². The molecule has 0 aliphatic carbocycles. The SMILES string of the molecule is CCCCCCCCCCC[C](=O)[Na].O=C(O)C(O)C(O)C(=O)O. The summed E-state index contributed by atoms with van der Waals surface area (Å²) in [6.07, 6.45) is 8.38. The van der Waals surface area contributed by atoms with Gasteiger partial charge in [-0.15, -0.1) is 0 Å². The largest absolute Gasteiger partial charge is 0.479 e. The van der Waals surface area contributed by atoms with E-state index in [1.54, 1.807) is 0 Å². The number of aliphatic hydroxyl groups excluding tert-OH is 2. The molecule has 0 saturated heterocycles. The van der Waals surface area contributed by atoms with Gasteiger partial charge in [0.25, 0.3) is 0 Å². The van der Waals surface area contributed by atoms with Gasteiger partial charge >= 0.3 is 119 Å². The molecule has 0 rings (SSSR count). The molecule has 8 heteroatoms. The van der Waals surface area contributed by atoms with Gasteiger partial charge in [0.1, 0.15) is 0 Å². The number of aliphatic carboxylic acids is 2. The molecule has 136 valence electrons. The second-order valence-corrected chi connectivity index (χ2v) is 6.96. The number of hydrogen-bond donors (Lipinski definition) is 4. The maximum Gasteiger partial charge on any atom is 0.335 e. The van der Waals surface area contributed by atoms with E-state index in [0.717, 1.165) is 40.8 Å². The Morgan fingerprint density at radius 2 is 1.08 bits per heavy atom. The van der Waals surface area contributed by atoms with Crippen LogP contribution in [-0.4, -0.2) is 75.5 Å². The standard InChI is InChI=1S/C12H23O.C4H6O6.Na/c1-2-3-4-5-6-7-8-9-10-11-12-13;5-1(3(7)8)2(6)4(9)10;/h2-11H2,1H3;1-2,5-6H,(H,7,8)(H,9,10);. The monoisotopic (exact) mass is 356 g/mol. The topological polar surface area (TPSA) is 132 Å². The predicted octanol–water partition coefficient (Wildman–Crippen LogP) is 1.48. The molecule has 2 unspecified atom stereocenters.